The Balaban J connectivity index is 2.46. The molecular weight excluding hydrogens is 225 g/mol. The number of fused-ring (bicyclic) bond motifs is 1. The number of ether oxygens (including phenoxy) is 2. The van der Waals surface area contributed by atoms with E-state index >= 15 is 0 Å². The summed E-state index contributed by atoms with van der Waals surface area (Å²) >= 11 is 0. The molecule has 2 atom stereocenters. The first-order chi connectivity index (χ1) is 7.43. The molecule has 1 aliphatic heterocycles. The molecule has 88 valence electrons. The van der Waals surface area contributed by atoms with Crippen molar-refractivity contribution >= 4 is 0 Å². The highest BCUT2D eigenvalue weighted by Crippen LogP contribution is 2.47. The van der Waals surface area contributed by atoms with Crippen molar-refractivity contribution in [3.63, 3.8) is 0 Å². The van der Waals surface area contributed by atoms with Crippen LogP contribution >= 0.6 is 0 Å². The van der Waals surface area contributed by atoms with Gasteiger partial charge in [-0.25, -0.2) is 0 Å². The molecule has 0 amide bonds. The van der Waals surface area contributed by atoms with Crippen molar-refractivity contribution in [2.24, 2.45) is 0 Å². The van der Waals surface area contributed by atoms with Gasteiger partial charge in [-0.3, -0.25) is 0 Å². The van der Waals surface area contributed by atoms with Gasteiger partial charge in [0.2, 0.25) is 6.29 Å². The molecule has 6 heteroatoms. The number of benzene rings is 1. The molecule has 0 spiro atoms. The molecule has 3 nitrogen and oxygen atoms in total. The van der Waals surface area contributed by atoms with Crippen LogP contribution in [0.1, 0.15) is 11.5 Å². The third kappa shape index (κ3) is 1.69. The number of halogens is 3. The van der Waals surface area contributed by atoms with E-state index in [2.05, 4.69) is 0 Å². The molecule has 0 radical (unpaired) electrons. The van der Waals surface area contributed by atoms with E-state index in [1.807, 2.05) is 0 Å². The van der Waals surface area contributed by atoms with Crippen LogP contribution in [-0.4, -0.2) is 24.7 Å². The average molecular weight is 234 g/mol. The summed E-state index contributed by atoms with van der Waals surface area (Å²) < 4.78 is 47.5. The Kier molecular flexibility index (Phi) is 2.46. The molecule has 1 aromatic rings. The normalized spacial score (nSPS) is 23.8. The number of aliphatic hydroxyl groups excluding tert-OH is 1. The topological polar surface area (TPSA) is 38.7 Å². The van der Waals surface area contributed by atoms with Gasteiger partial charge in [-0.05, 0) is 18.2 Å². The lowest BCUT2D eigenvalue weighted by molar-refractivity contribution is -0.191. The maximum absolute atomic E-state index is 12.6. The number of methoxy groups -OCH3 is 1. The smallest absolute Gasteiger partial charge is 0.401 e. The Morgan fingerprint density at radius 2 is 2.06 bits per heavy atom. The molecule has 1 heterocycles. The van der Waals surface area contributed by atoms with E-state index in [9.17, 15) is 18.3 Å². The van der Waals surface area contributed by atoms with Crippen LogP contribution in [-0.2, 0) is 0 Å². The van der Waals surface area contributed by atoms with Gasteiger partial charge in [0, 0.05) is 5.56 Å². The first-order valence-corrected chi connectivity index (χ1v) is 4.53. The van der Waals surface area contributed by atoms with Gasteiger partial charge < -0.3 is 14.6 Å². The highest BCUT2D eigenvalue weighted by molar-refractivity contribution is 5.46. The van der Waals surface area contributed by atoms with Gasteiger partial charge in [0.15, 0.2) is 0 Å². The summed E-state index contributed by atoms with van der Waals surface area (Å²) in [6.07, 6.45) is -6.43. The zero-order valence-electron chi connectivity index (χ0n) is 8.28. The maximum Gasteiger partial charge on any atom is 0.401 e. The van der Waals surface area contributed by atoms with Crippen molar-refractivity contribution in [3.8, 4) is 11.5 Å². The van der Waals surface area contributed by atoms with E-state index in [1.54, 1.807) is 0 Å². The fourth-order valence-corrected chi connectivity index (χ4v) is 1.69. The largest absolute Gasteiger partial charge is 0.497 e. The molecule has 0 fully saturated rings. The molecular formula is C10H9F3O3. The number of hydrogen-bond donors (Lipinski definition) is 1. The summed E-state index contributed by atoms with van der Waals surface area (Å²) in [5, 5.41) is 9.23. The number of hydrogen-bond acceptors (Lipinski definition) is 3. The van der Waals surface area contributed by atoms with Crippen molar-refractivity contribution in [2.45, 2.75) is 18.4 Å². The van der Waals surface area contributed by atoms with Gasteiger partial charge in [0.05, 0.1) is 7.11 Å². The minimum Gasteiger partial charge on any atom is -0.497 e. The van der Waals surface area contributed by atoms with Crippen LogP contribution in [0.5, 0.6) is 11.5 Å². The summed E-state index contributed by atoms with van der Waals surface area (Å²) in [6, 6.07) is 4.05. The molecule has 0 unspecified atom stereocenters. The van der Waals surface area contributed by atoms with Crippen LogP contribution in [0.25, 0.3) is 0 Å². The quantitative estimate of drug-likeness (QED) is 0.808. The molecule has 16 heavy (non-hydrogen) atoms. The molecule has 2 rings (SSSR count). The minimum absolute atomic E-state index is 0.0376. The van der Waals surface area contributed by atoms with Crippen LogP contribution in [0, 0.1) is 0 Å². The Labute approximate surface area is 89.4 Å². The third-order valence-corrected chi connectivity index (χ3v) is 2.44. The monoisotopic (exact) mass is 234 g/mol. The van der Waals surface area contributed by atoms with Crippen molar-refractivity contribution in [1.29, 1.82) is 0 Å². The molecule has 0 saturated heterocycles. The zero-order valence-corrected chi connectivity index (χ0v) is 8.28. The van der Waals surface area contributed by atoms with Crippen LogP contribution in [0.15, 0.2) is 18.2 Å². The first kappa shape index (κ1) is 11.1. The number of alkyl halides is 3. The maximum atomic E-state index is 12.6. The fourth-order valence-electron chi connectivity index (χ4n) is 1.69. The summed E-state index contributed by atoms with van der Waals surface area (Å²) in [5.41, 5.74) is -0.0978. The molecule has 0 aliphatic carbocycles. The predicted octanol–water partition coefficient (Wildman–Crippen LogP) is 2.05. The third-order valence-electron chi connectivity index (χ3n) is 2.44. The highest BCUT2D eigenvalue weighted by Gasteiger charge is 2.51. The van der Waals surface area contributed by atoms with Gasteiger partial charge in [-0.1, -0.05) is 0 Å². The fraction of sp³-hybridized carbons (Fsp3) is 0.400. The molecule has 1 aliphatic rings. The number of rotatable bonds is 1. The van der Waals surface area contributed by atoms with Gasteiger partial charge >= 0.3 is 6.18 Å². The van der Waals surface area contributed by atoms with E-state index in [0.29, 0.717) is 5.75 Å². The lowest BCUT2D eigenvalue weighted by atomic mass is 9.99. The summed E-state index contributed by atoms with van der Waals surface area (Å²) in [7, 11) is 1.36. The van der Waals surface area contributed by atoms with E-state index in [4.69, 9.17) is 9.47 Å². The molecule has 1 N–H and O–H groups in total. The van der Waals surface area contributed by atoms with E-state index in [1.165, 1.54) is 25.3 Å². The van der Waals surface area contributed by atoms with Crippen LogP contribution in [0.3, 0.4) is 0 Å². The minimum atomic E-state index is -4.54. The second kappa shape index (κ2) is 3.55. The Bertz CT molecular complexity index is 403. The average Bonchev–Trinajstić information content (AvgIpc) is 2.51. The molecule has 0 saturated carbocycles. The summed E-state index contributed by atoms with van der Waals surface area (Å²) in [5.74, 6) is -1.68. The van der Waals surface area contributed by atoms with E-state index in [-0.39, 0.29) is 11.3 Å². The number of aliphatic hydroxyl groups is 1. The molecule has 0 aromatic heterocycles. The van der Waals surface area contributed by atoms with Crippen LogP contribution < -0.4 is 9.47 Å². The van der Waals surface area contributed by atoms with Crippen molar-refractivity contribution in [1.82, 2.24) is 0 Å². The lowest BCUT2D eigenvalue weighted by Crippen LogP contribution is -2.30. The van der Waals surface area contributed by atoms with Gasteiger partial charge in [0.1, 0.15) is 17.4 Å². The first-order valence-electron chi connectivity index (χ1n) is 4.53. The van der Waals surface area contributed by atoms with Crippen LogP contribution in [0.4, 0.5) is 13.2 Å². The second-order valence-electron chi connectivity index (χ2n) is 3.43. The molecule has 1 aromatic carbocycles. The Hall–Kier alpha value is -1.43. The predicted molar refractivity (Wildman–Crippen MR) is 48.4 cm³/mol. The van der Waals surface area contributed by atoms with Gasteiger partial charge in [-0.15, -0.1) is 0 Å². The van der Waals surface area contributed by atoms with E-state index in [0.717, 1.165) is 0 Å². The summed E-state index contributed by atoms with van der Waals surface area (Å²) in [6.45, 7) is 0. The standard InChI is InChI=1S/C10H9F3O3/c1-15-5-2-3-7-6(4-5)8(9(14)16-7)10(11,12)13/h2-4,8-9,14H,1H3/t8-,9-/m1/s1. The highest BCUT2D eigenvalue weighted by atomic mass is 19.4. The zero-order chi connectivity index (χ0) is 11.9. The SMILES string of the molecule is COc1ccc2c(c1)[C@@H](C(F)(F)F)[C@H](O)O2. The second-order valence-corrected chi connectivity index (χ2v) is 3.43. The van der Waals surface area contributed by atoms with Crippen molar-refractivity contribution in [2.75, 3.05) is 7.11 Å². The van der Waals surface area contributed by atoms with Crippen molar-refractivity contribution < 1.29 is 27.8 Å². The van der Waals surface area contributed by atoms with Gasteiger partial charge in [0.25, 0.3) is 0 Å². The Morgan fingerprint density at radius 3 is 2.62 bits per heavy atom. The Morgan fingerprint density at radius 1 is 1.38 bits per heavy atom. The van der Waals surface area contributed by atoms with Crippen LogP contribution in [0.2, 0.25) is 0 Å². The van der Waals surface area contributed by atoms with Crippen molar-refractivity contribution in [3.05, 3.63) is 23.8 Å². The summed E-state index contributed by atoms with van der Waals surface area (Å²) in [4.78, 5) is 0. The van der Waals surface area contributed by atoms with E-state index < -0.39 is 18.4 Å². The molecule has 0 bridgehead atoms. The lowest BCUT2D eigenvalue weighted by Gasteiger charge is -2.17. The van der Waals surface area contributed by atoms with Gasteiger partial charge in [-0.2, -0.15) is 13.2 Å².